The summed E-state index contributed by atoms with van der Waals surface area (Å²) >= 11 is 0. The van der Waals surface area contributed by atoms with Crippen LogP contribution < -0.4 is 15.6 Å². The maximum Gasteiger partial charge on any atom is 0.288 e. The summed E-state index contributed by atoms with van der Waals surface area (Å²) in [7, 11) is -2.66. The Morgan fingerprint density at radius 2 is 0.963 bits per heavy atom. The van der Waals surface area contributed by atoms with Crippen molar-refractivity contribution in [2.45, 2.75) is 18.9 Å². The fraction of sp³-hybridized carbons (Fsp3) is 0.120. The second-order valence-corrected chi connectivity index (χ2v) is 9.90. The molecule has 0 bridgehead atoms. The van der Waals surface area contributed by atoms with Gasteiger partial charge in [-0.3, -0.25) is 0 Å². The van der Waals surface area contributed by atoms with Gasteiger partial charge >= 0.3 is 0 Å². The van der Waals surface area contributed by atoms with E-state index in [1.807, 2.05) is 12.2 Å². The van der Waals surface area contributed by atoms with Crippen LogP contribution in [0.4, 0.5) is 0 Å². The van der Waals surface area contributed by atoms with Crippen LogP contribution in [-0.4, -0.2) is 14.4 Å². The van der Waals surface area contributed by atoms with Gasteiger partial charge < -0.3 is 4.43 Å². The Kier molecular flexibility index (Phi) is 6.58. The van der Waals surface area contributed by atoms with Crippen molar-refractivity contribution in [3.05, 3.63) is 116 Å². The highest BCUT2D eigenvalue weighted by molar-refractivity contribution is 7.07. The smallest absolute Gasteiger partial charge is 0.288 e. The van der Waals surface area contributed by atoms with Crippen LogP contribution in [-0.2, 0) is 4.43 Å². The molecule has 0 saturated heterocycles. The summed E-state index contributed by atoms with van der Waals surface area (Å²) in [6.07, 6.45) is 5.52. The van der Waals surface area contributed by atoms with Gasteiger partial charge in [0.1, 0.15) is 0 Å². The summed E-state index contributed by atoms with van der Waals surface area (Å²) in [5, 5.41) is 3.75. The molecule has 0 fully saturated rings. The van der Waals surface area contributed by atoms with Gasteiger partial charge in [0.15, 0.2) is 0 Å². The number of hydrogen-bond acceptors (Lipinski definition) is 1. The lowest BCUT2D eigenvalue weighted by molar-refractivity contribution is 0.209. The van der Waals surface area contributed by atoms with Crippen molar-refractivity contribution in [1.82, 2.24) is 0 Å². The predicted molar refractivity (Wildman–Crippen MR) is 118 cm³/mol. The molecule has 0 saturated carbocycles. The summed E-state index contributed by atoms with van der Waals surface area (Å²) in [6.45, 7) is 7.86. The highest BCUT2D eigenvalue weighted by Gasteiger charge is 2.43. The minimum atomic E-state index is -2.66. The van der Waals surface area contributed by atoms with E-state index >= 15 is 0 Å². The zero-order chi connectivity index (χ0) is 19.0. The van der Waals surface area contributed by atoms with E-state index in [1.165, 1.54) is 15.6 Å². The molecule has 0 heterocycles. The second-order valence-electron chi connectivity index (χ2n) is 6.57. The molecule has 0 amide bonds. The molecule has 3 rings (SSSR count). The molecule has 3 aromatic carbocycles. The van der Waals surface area contributed by atoms with E-state index in [4.69, 9.17) is 4.43 Å². The molecule has 0 spiro atoms. The van der Waals surface area contributed by atoms with Crippen LogP contribution in [0.15, 0.2) is 116 Å². The molecule has 0 unspecified atom stereocenters. The summed E-state index contributed by atoms with van der Waals surface area (Å²) in [4.78, 5) is 0. The van der Waals surface area contributed by atoms with E-state index in [2.05, 4.69) is 104 Å². The van der Waals surface area contributed by atoms with Crippen LogP contribution >= 0.6 is 0 Å². The lowest BCUT2D eigenvalue weighted by Gasteiger charge is -2.36. The Morgan fingerprint density at radius 3 is 1.26 bits per heavy atom. The first-order valence-corrected chi connectivity index (χ1v) is 11.3. The van der Waals surface area contributed by atoms with Crippen LogP contribution in [0.2, 0.25) is 0 Å². The van der Waals surface area contributed by atoms with E-state index in [9.17, 15) is 0 Å². The molecule has 2 heteroatoms. The zero-order valence-electron chi connectivity index (χ0n) is 15.6. The number of rotatable bonds is 9. The monoisotopic (exact) mass is 370 g/mol. The summed E-state index contributed by atoms with van der Waals surface area (Å²) in [6, 6.07) is 32.0. The Balaban J connectivity index is 2.25. The molecule has 27 heavy (non-hydrogen) atoms. The van der Waals surface area contributed by atoms with Crippen LogP contribution in [0.3, 0.4) is 0 Å². The fourth-order valence-electron chi connectivity index (χ4n) is 3.54. The van der Waals surface area contributed by atoms with Crippen molar-refractivity contribution in [3.8, 4) is 0 Å². The minimum Gasteiger partial charge on any atom is -0.401 e. The molecule has 3 aromatic rings. The first-order valence-electron chi connectivity index (χ1n) is 9.37. The lowest BCUT2D eigenvalue weighted by Crippen LogP contribution is -2.70. The SMILES string of the molecule is C=CCC(CC=C)O[Si](c1ccccc1)(c1ccccc1)c1ccccc1. The van der Waals surface area contributed by atoms with Gasteiger partial charge in [0.25, 0.3) is 8.32 Å². The van der Waals surface area contributed by atoms with Gasteiger partial charge in [-0.25, -0.2) is 0 Å². The van der Waals surface area contributed by atoms with Crippen molar-refractivity contribution >= 4 is 23.9 Å². The van der Waals surface area contributed by atoms with Gasteiger partial charge in [0, 0.05) is 0 Å². The Bertz CT molecular complexity index is 737. The summed E-state index contributed by atoms with van der Waals surface area (Å²) in [5.74, 6) is 0. The van der Waals surface area contributed by atoms with E-state index < -0.39 is 8.32 Å². The van der Waals surface area contributed by atoms with Crippen molar-refractivity contribution in [2.24, 2.45) is 0 Å². The third-order valence-electron chi connectivity index (χ3n) is 4.74. The normalized spacial score (nSPS) is 11.3. The third-order valence-corrected chi connectivity index (χ3v) is 8.87. The van der Waals surface area contributed by atoms with Crippen molar-refractivity contribution in [2.75, 3.05) is 0 Å². The number of benzene rings is 3. The highest BCUT2D eigenvalue weighted by Crippen LogP contribution is 2.16. The maximum atomic E-state index is 7.07. The molecule has 0 aliphatic heterocycles. The van der Waals surface area contributed by atoms with Gasteiger partial charge in [0.2, 0.25) is 0 Å². The van der Waals surface area contributed by atoms with Crippen LogP contribution in [0, 0.1) is 0 Å². The average molecular weight is 371 g/mol. The number of hydrogen-bond donors (Lipinski definition) is 0. The van der Waals surface area contributed by atoms with Gasteiger partial charge in [-0.1, -0.05) is 103 Å². The molecular weight excluding hydrogens is 344 g/mol. The summed E-state index contributed by atoms with van der Waals surface area (Å²) < 4.78 is 7.07. The molecule has 0 aliphatic carbocycles. The highest BCUT2D eigenvalue weighted by atomic mass is 28.4. The van der Waals surface area contributed by atoms with Crippen molar-refractivity contribution in [1.29, 1.82) is 0 Å². The lowest BCUT2D eigenvalue weighted by atomic mass is 10.2. The molecule has 0 aliphatic rings. The van der Waals surface area contributed by atoms with Crippen LogP contribution in [0.1, 0.15) is 12.8 Å². The molecule has 0 radical (unpaired) electrons. The molecular formula is C25H26OSi. The maximum absolute atomic E-state index is 7.07. The molecule has 1 nitrogen and oxygen atoms in total. The van der Waals surface area contributed by atoms with E-state index in [-0.39, 0.29) is 6.10 Å². The van der Waals surface area contributed by atoms with Crippen LogP contribution in [0.5, 0.6) is 0 Å². The van der Waals surface area contributed by atoms with E-state index in [1.54, 1.807) is 0 Å². The fourth-order valence-corrected chi connectivity index (χ4v) is 7.62. The summed E-state index contributed by atoms with van der Waals surface area (Å²) in [5.41, 5.74) is 0. The molecule has 136 valence electrons. The van der Waals surface area contributed by atoms with Crippen LogP contribution in [0.25, 0.3) is 0 Å². The second kappa shape index (κ2) is 9.31. The first-order chi connectivity index (χ1) is 13.3. The Hall–Kier alpha value is -2.68. The third kappa shape index (κ3) is 4.18. The quantitative estimate of drug-likeness (QED) is 0.312. The average Bonchev–Trinajstić information content (AvgIpc) is 2.74. The predicted octanol–water partition coefficient (Wildman–Crippen LogP) is 4.19. The van der Waals surface area contributed by atoms with Crippen molar-refractivity contribution < 1.29 is 4.43 Å². The molecule has 0 atom stereocenters. The van der Waals surface area contributed by atoms with E-state index in [0.29, 0.717) is 0 Å². The topological polar surface area (TPSA) is 9.23 Å². The van der Waals surface area contributed by atoms with E-state index in [0.717, 1.165) is 12.8 Å². The van der Waals surface area contributed by atoms with Gasteiger partial charge in [-0.2, -0.15) is 0 Å². The van der Waals surface area contributed by atoms with Gasteiger partial charge in [-0.05, 0) is 28.4 Å². The Morgan fingerprint density at radius 1 is 0.630 bits per heavy atom. The minimum absolute atomic E-state index is 0.0484. The molecule has 0 N–H and O–H groups in total. The molecule has 0 aromatic heterocycles. The zero-order valence-corrected chi connectivity index (χ0v) is 16.6. The first kappa shape index (κ1) is 19.1. The standard InChI is InChI=1S/C25H26OSi/c1-3-14-22(15-4-2)26-27(23-16-8-5-9-17-23,24-18-10-6-11-19-24)25-20-12-7-13-21-25/h3-13,16-22H,1-2,14-15H2. The van der Waals surface area contributed by atoms with Crippen molar-refractivity contribution in [3.63, 3.8) is 0 Å². The van der Waals surface area contributed by atoms with Gasteiger partial charge in [-0.15, -0.1) is 13.2 Å². The van der Waals surface area contributed by atoms with Gasteiger partial charge in [0.05, 0.1) is 6.10 Å². The largest absolute Gasteiger partial charge is 0.401 e. The Labute approximate surface area is 163 Å².